The Balaban J connectivity index is 0. The van der Waals surface area contributed by atoms with E-state index in [9.17, 15) is 9.46 Å². The van der Waals surface area contributed by atoms with E-state index < -0.39 is 8.03 Å². The molecule has 0 bridgehead atoms. The molecule has 1 atom stereocenters. The lowest BCUT2D eigenvalue weighted by atomic mass is 9.81. The van der Waals surface area contributed by atoms with Gasteiger partial charge in [-0.25, -0.2) is 0 Å². The maximum atomic E-state index is 11.2. The molecule has 1 rings (SSSR count). The van der Waals surface area contributed by atoms with E-state index in [1.807, 2.05) is 26.0 Å². The van der Waals surface area contributed by atoms with Crippen molar-refractivity contribution in [3.63, 3.8) is 0 Å². The Morgan fingerprint density at radius 1 is 1.19 bits per heavy atom. The van der Waals surface area contributed by atoms with Gasteiger partial charge in [-0.2, -0.15) is 4.89 Å². The third-order valence-electron chi connectivity index (χ3n) is 3.29. The van der Waals surface area contributed by atoms with Crippen molar-refractivity contribution in [1.82, 2.24) is 0 Å². The standard InChI is InChI=1S/C13H20NO2P.C2H6.CH4O/c1-5-13(3,4)11-9-10(17(15)16)7-8-12(11)14-6-2;2*1-2/h7-9,14H,5-6H2,1-4H3;1-2H3;2H,1H3/p+2. The topological polar surface area (TPSA) is 74.1 Å². The van der Waals surface area contributed by atoms with Crippen LogP contribution in [-0.4, -0.2) is 23.7 Å². The molecule has 21 heavy (non-hydrogen) atoms. The Bertz CT molecular complexity index is 420. The van der Waals surface area contributed by atoms with Crippen LogP contribution in [0.1, 0.15) is 53.5 Å². The number of hydrogen-bond acceptors (Lipinski definition) is 2. The molecule has 122 valence electrons. The SMILES string of the molecule is CC.CC[NH2+]c1ccc([P+](=O)O)cc1C(C)(C)CC.CO. The van der Waals surface area contributed by atoms with Gasteiger partial charge in [-0.05, 0) is 23.3 Å². The zero-order valence-electron chi connectivity index (χ0n) is 14.5. The van der Waals surface area contributed by atoms with Gasteiger partial charge >= 0.3 is 8.03 Å². The average Bonchev–Trinajstić information content (AvgIpc) is 2.51. The van der Waals surface area contributed by atoms with Crippen molar-refractivity contribution in [2.45, 2.75) is 53.4 Å². The number of nitrogens with two attached hydrogens (primary N) is 1. The minimum atomic E-state index is -2.25. The van der Waals surface area contributed by atoms with Crippen LogP contribution in [0, 0.1) is 0 Å². The zero-order chi connectivity index (χ0) is 17.1. The Morgan fingerprint density at radius 3 is 2.10 bits per heavy atom. The van der Waals surface area contributed by atoms with Gasteiger partial charge in [0.1, 0.15) is 5.69 Å². The Kier molecular flexibility index (Phi) is 12.6. The van der Waals surface area contributed by atoms with Crippen LogP contribution in [0.2, 0.25) is 0 Å². The van der Waals surface area contributed by atoms with Crippen LogP contribution >= 0.6 is 8.03 Å². The average molecular weight is 317 g/mol. The fourth-order valence-corrected chi connectivity index (χ4v) is 2.28. The molecule has 0 radical (unpaired) electrons. The largest absolute Gasteiger partial charge is 0.546 e. The molecule has 1 aromatic rings. The van der Waals surface area contributed by atoms with Gasteiger partial charge in [0.05, 0.1) is 6.54 Å². The third-order valence-corrected chi connectivity index (χ3v) is 4.01. The summed E-state index contributed by atoms with van der Waals surface area (Å²) in [6.07, 6.45) is 1.00. The van der Waals surface area contributed by atoms with Crippen molar-refractivity contribution in [3.05, 3.63) is 23.8 Å². The lowest BCUT2D eigenvalue weighted by Crippen LogP contribution is -2.78. The van der Waals surface area contributed by atoms with Crippen LogP contribution in [0.15, 0.2) is 18.2 Å². The van der Waals surface area contributed by atoms with Crippen molar-refractivity contribution in [2.75, 3.05) is 13.7 Å². The first-order valence-electron chi connectivity index (χ1n) is 7.51. The monoisotopic (exact) mass is 317 g/mol. The van der Waals surface area contributed by atoms with E-state index in [1.54, 1.807) is 6.07 Å². The maximum Gasteiger partial charge on any atom is 0.546 e. The zero-order valence-corrected chi connectivity index (χ0v) is 15.4. The van der Waals surface area contributed by atoms with Crippen LogP contribution in [0.5, 0.6) is 0 Å². The maximum absolute atomic E-state index is 11.2. The molecule has 1 unspecified atom stereocenters. The first-order chi connectivity index (χ1) is 9.92. The first-order valence-corrected chi connectivity index (χ1v) is 8.72. The fourth-order valence-electron chi connectivity index (χ4n) is 1.84. The number of benzene rings is 1. The highest BCUT2D eigenvalue weighted by molar-refractivity contribution is 7.47. The van der Waals surface area contributed by atoms with Gasteiger partial charge in [0, 0.05) is 30.9 Å². The van der Waals surface area contributed by atoms with Gasteiger partial charge < -0.3 is 10.4 Å². The van der Waals surface area contributed by atoms with Crippen LogP contribution in [0.4, 0.5) is 5.69 Å². The van der Waals surface area contributed by atoms with Gasteiger partial charge in [0.15, 0.2) is 0 Å². The second kappa shape index (κ2) is 11.8. The van der Waals surface area contributed by atoms with E-state index >= 15 is 0 Å². The van der Waals surface area contributed by atoms with E-state index in [-0.39, 0.29) is 5.41 Å². The summed E-state index contributed by atoms with van der Waals surface area (Å²) >= 11 is 0. The van der Waals surface area contributed by atoms with Crippen molar-refractivity contribution in [1.29, 1.82) is 0 Å². The summed E-state index contributed by atoms with van der Waals surface area (Å²) in [6.45, 7) is 13.6. The van der Waals surface area contributed by atoms with E-state index in [2.05, 4.69) is 33.0 Å². The highest BCUT2D eigenvalue weighted by atomic mass is 31.1. The molecule has 0 aliphatic carbocycles. The van der Waals surface area contributed by atoms with E-state index in [0.717, 1.165) is 25.6 Å². The molecule has 0 heterocycles. The molecule has 0 saturated heterocycles. The van der Waals surface area contributed by atoms with E-state index in [4.69, 9.17) is 5.11 Å². The van der Waals surface area contributed by atoms with Crippen molar-refractivity contribution >= 4 is 19.0 Å². The summed E-state index contributed by atoms with van der Waals surface area (Å²) in [5.41, 5.74) is 2.37. The number of hydrogen-bond donors (Lipinski definition) is 3. The normalized spacial score (nSPS) is 10.8. The van der Waals surface area contributed by atoms with Gasteiger partial charge in [-0.3, -0.25) is 0 Å². The van der Waals surface area contributed by atoms with Gasteiger partial charge in [0.25, 0.3) is 0 Å². The predicted molar refractivity (Wildman–Crippen MR) is 90.8 cm³/mol. The van der Waals surface area contributed by atoms with Gasteiger partial charge in [0.2, 0.25) is 5.30 Å². The molecule has 0 spiro atoms. The Hall–Kier alpha value is -0.800. The third kappa shape index (κ3) is 7.14. The molecular formula is C16H32NO3P+2. The number of aliphatic hydroxyl groups excluding tert-OH is 1. The number of aliphatic hydroxyl groups is 1. The van der Waals surface area contributed by atoms with Crippen molar-refractivity contribution in [2.24, 2.45) is 0 Å². The molecule has 0 aliphatic heterocycles. The highest BCUT2D eigenvalue weighted by Gasteiger charge is 2.27. The molecule has 0 amide bonds. The molecule has 0 fully saturated rings. The first kappa shape index (κ1) is 22.5. The minimum absolute atomic E-state index is 0.0301. The van der Waals surface area contributed by atoms with E-state index in [0.29, 0.717) is 5.30 Å². The summed E-state index contributed by atoms with van der Waals surface area (Å²) < 4.78 is 11.2. The van der Waals surface area contributed by atoms with Crippen LogP contribution < -0.4 is 10.6 Å². The van der Waals surface area contributed by atoms with Crippen LogP contribution in [-0.2, 0) is 9.98 Å². The molecule has 0 saturated carbocycles. The Morgan fingerprint density at radius 2 is 1.71 bits per heavy atom. The Labute approximate surface area is 130 Å². The molecule has 4 N–H and O–H groups in total. The second-order valence-corrected chi connectivity index (χ2v) is 5.96. The molecule has 0 aromatic heterocycles. The lowest BCUT2D eigenvalue weighted by Gasteiger charge is -2.24. The van der Waals surface area contributed by atoms with Crippen LogP contribution in [0.3, 0.4) is 0 Å². The van der Waals surface area contributed by atoms with E-state index in [1.165, 1.54) is 5.69 Å². The summed E-state index contributed by atoms with van der Waals surface area (Å²) in [7, 11) is -1.25. The number of rotatable bonds is 5. The second-order valence-electron chi connectivity index (χ2n) is 4.89. The fraction of sp³-hybridized carbons (Fsp3) is 0.625. The molecule has 0 aliphatic rings. The van der Waals surface area contributed by atoms with Gasteiger partial charge in [-0.1, -0.05) is 34.6 Å². The predicted octanol–water partition coefficient (Wildman–Crippen LogP) is 2.58. The smallest absolute Gasteiger partial charge is 0.400 e. The van der Waals surface area contributed by atoms with Gasteiger partial charge in [-0.15, -0.1) is 0 Å². The summed E-state index contributed by atoms with van der Waals surface area (Å²) in [5.74, 6) is 0. The highest BCUT2D eigenvalue weighted by Crippen LogP contribution is 2.31. The molecule has 4 nitrogen and oxygen atoms in total. The quantitative estimate of drug-likeness (QED) is 0.577. The molecule has 1 aromatic carbocycles. The lowest BCUT2D eigenvalue weighted by molar-refractivity contribution is -0.568. The number of quaternary nitrogens is 1. The van der Waals surface area contributed by atoms with Crippen LogP contribution in [0.25, 0.3) is 0 Å². The van der Waals surface area contributed by atoms with Crippen molar-refractivity contribution in [3.8, 4) is 0 Å². The summed E-state index contributed by atoms with van der Waals surface area (Å²) in [4.78, 5) is 9.21. The molecular weight excluding hydrogens is 285 g/mol. The minimum Gasteiger partial charge on any atom is -0.400 e. The summed E-state index contributed by atoms with van der Waals surface area (Å²) in [6, 6.07) is 5.58. The molecule has 5 heteroatoms. The van der Waals surface area contributed by atoms with Crippen molar-refractivity contribution < 1.29 is 19.9 Å². The summed E-state index contributed by atoms with van der Waals surface area (Å²) in [5, 5.41) is 9.69.